The molecule has 3 aromatic rings. The first-order valence-electron chi connectivity index (χ1n) is 10.7. The predicted molar refractivity (Wildman–Crippen MR) is 136 cm³/mol. The minimum atomic E-state index is -1.31. The van der Waals surface area contributed by atoms with Gasteiger partial charge in [0.2, 0.25) is 6.61 Å². The van der Waals surface area contributed by atoms with Crippen molar-refractivity contribution in [2.45, 2.75) is 16.4 Å². The van der Waals surface area contributed by atoms with Crippen LogP contribution in [0.1, 0.15) is 5.69 Å². The van der Waals surface area contributed by atoms with Crippen molar-refractivity contribution in [2.24, 2.45) is 5.16 Å². The zero-order chi connectivity index (χ0) is 27.7. The molecule has 0 radical (unpaired) electrons. The Morgan fingerprint density at radius 2 is 2.13 bits per heavy atom. The molecule has 0 aromatic carbocycles. The Bertz CT molecular complexity index is 1550. The first-order chi connectivity index (χ1) is 18.7. The summed E-state index contributed by atoms with van der Waals surface area (Å²) >= 11 is 3.57. The van der Waals surface area contributed by atoms with Gasteiger partial charge in [-0.2, -0.15) is 0 Å². The molecule has 3 aromatic heterocycles. The second-order valence-corrected chi connectivity index (χ2v) is 10.8. The van der Waals surface area contributed by atoms with E-state index >= 15 is 0 Å². The lowest BCUT2D eigenvalue weighted by atomic mass is 10.0. The first kappa shape index (κ1) is 26.3. The standard InChI is InChI=1S/C19H16N10O7S3/c20-19-21-8(6-39-19)12(25-36-3-11(30)31)15(32)22-13-16(33)28-14(18(34)35)7(5-38-17(13)28)4-37-10-2-1-9-23-26-27-29(9)24-10/h1-2,6,13,17H,3-5H2,(H2,20,21)(H,22,32)(H,30,31)(H,34,35)/b25-12-/t13?,17-/m1/s1. The number of oxime groups is 1. The summed E-state index contributed by atoms with van der Waals surface area (Å²) in [6.45, 7) is -0.808. The van der Waals surface area contributed by atoms with Crippen molar-refractivity contribution >= 4 is 75.1 Å². The maximum atomic E-state index is 13.0. The maximum Gasteiger partial charge on any atom is 0.352 e. The van der Waals surface area contributed by atoms with Gasteiger partial charge in [0.25, 0.3) is 11.8 Å². The molecule has 2 atom stereocenters. The molecular formula is C19H16N10O7S3. The minimum Gasteiger partial charge on any atom is -0.479 e. The second kappa shape index (κ2) is 10.8. The van der Waals surface area contributed by atoms with E-state index in [1.807, 2.05) is 0 Å². The van der Waals surface area contributed by atoms with Crippen LogP contribution in [0.25, 0.3) is 5.65 Å². The van der Waals surface area contributed by atoms with Crippen LogP contribution in [0.3, 0.4) is 0 Å². The summed E-state index contributed by atoms with van der Waals surface area (Å²) in [5.41, 5.74) is 6.08. The van der Waals surface area contributed by atoms with E-state index < -0.39 is 41.8 Å². The highest BCUT2D eigenvalue weighted by Gasteiger charge is 2.54. The van der Waals surface area contributed by atoms with Crippen LogP contribution in [0, 0.1) is 0 Å². The van der Waals surface area contributed by atoms with Crippen molar-refractivity contribution in [1.29, 1.82) is 0 Å². The lowest BCUT2D eigenvalue weighted by Crippen LogP contribution is -2.71. The summed E-state index contributed by atoms with van der Waals surface area (Å²) in [5.74, 6) is -3.55. The van der Waals surface area contributed by atoms with E-state index in [1.165, 1.54) is 33.5 Å². The number of nitrogen functional groups attached to an aromatic ring is 1. The Balaban J connectivity index is 1.30. The van der Waals surface area contributed by atoms with E-state index in [1.54, 1.807) is 12.1 Å². The number of aliphatic carboxylic acids is 2. The Hall–Kier alpha value is -4.30. The van der Waals surface area contributed by atoms with Crippen LogP contribution in [-0.2, 0) is 24.0 Å². The number of carboxylic acids is 2. The molecule has 5 N–H and O–H groups in total. The fourth-order valence-corrected chi connectivity index (χ4v) is 6.51. The number of nitrogens with zero attached hydrogens (tertiary/aromatic N) is 8. The van der Waals surface area contributed by atoms with Crippen molar-refractivity contribution in [3.05, 3.63) is 34.5 Å². The van der Waals surface area contributed by atoms with Crippen LogP contribution >= 0.6 is 34.9 Å². The van der Waals surface area contributed by atoms with Crippen LogP contribution in [0.4, 0.5) is 5.13 Å². The predicted octanol–water partition coefficient (Wildman–Crippen LogP) is -1.11. The average Bonchev–Trinajstić information content (AvgIpc) is 3.55. The SMILES string of the molecule is Nc1nc(/C(=N/OCC(=O)O)C(=O)NC2C(=O)N3C(C(=O)O)=C(CSc4ccc5nnnn5n4)CS[C@H]23)cs1. The number of β-lactam (4-membered cyclic amide) rings is 1. The molecule has 2 aliphatic rings. The first-order valence-corrected chi connectivity index (χ1v) is 13.7. The highest BCUT2D eigenvalue weighted by atomic mass is 32.2. The maximum absolute atomic E-state index is 13.0. The summed E-state index contributed by atoms with van der Waals surface area (Å²) in [5, 5.41) is 41.5. The zero-order valence-corrected chi connectivity index (χ0v) is 21.8. The van der Waals surface area contributed by atoms with Crippen LogP contribution in [0.5, 0.6) is 0 Å². The number of thiazole rings is 1. The van der Waals surface area contributed by atoms with Crippen LogP contribution in [0.2, 0.25) is 0 Å². The van der Waals surface area contributed by atoms with E-state index in [2.05, 4.69) is 36.1 Å². The second-order valence-electron chi connectivity index (χ2n) is 7.78. The number of nitrogens with two attached hydrogens (primary N) is 1. The molecule has 0 bridgehead atoms. The summed E-state index contributed by atoms with van der Waals surface area (Å²) in [7, 11) is 0. The van der Waals surface area contributed by atoms with Gasteiger partial charge in [-0.15, -0.1) is 49.7 Å². The number of amides is 2. The number of thioether (sulfide) groups is 2. The van der Waals surface area contributed by atoms with Crippen molar-refractivity contribution in [3.63, 3.8) is 0 Å². The molecule has 2 aliphatic heterocycles. The van der Waals surface area contributed by atoms with Crippen LogP contribution in [0.15, 0.2) is 39.0 Å². The minimum absolute atomic E-state index is 0.0271. The van der Waals surface area contributed by atoms with Gasteiger partial charge in [-0.25, -0.2) is 14.6 Å². The zero-order valence-electron chi connectivity index (χ0n) is 19.3. The Morgan fingerprint density at radius 3 is 2.85 bits per heavy atom. The number of tetrazole rings is 1. The fourth-order valence-electron chi connectivity index (χ4n) is 3.63. The number of carbonyl (C=O) groups excluding carboxylic acids is 2. The Kier molecular flexibility index (Phi) is 7.30. The molecule has 0 saturated carbocycles. The van der Waals surface area contributed by atoms with E-state index in [0.717, 1.165) is 16.2 Å². The lowest BCUT2D eigenvalue weighted by molar-refractivity contribution is -0.150. The van der Waals surface area contributed by atoms with E-state index in [0.29, 0.717) is 16.2 Å². The van der Waals surface area contributed by atoms with Crippen LogP contribution in [-0.4, -0.2) is 104 Å². The largest absolute Gasteiger partial charge is 0.479 e. The quantitative estimate of drug-likeness (QED) is 0.0944. The number of anilines is 1. The summed E-state index contributed by atoms with van der Waals surface area (Å²) in [6.07, 6.45) is 0. The Labute approximate surface area is 229 Å². The number of fused-ring (bicyclic) bond motifs is 2. The van der Waals surface area contributed by atoms with Gasteiger partial charge in [-0.1, -0.05) is 5.16 Å². The van der Waals surface area contributed by atoms with E-state index in [-0.39, 0.29) is 33.7 Å². The van der Waals surface area contributed by atoms with Gasteiger partial charge < -0.3 is 26.1 Å². The van der Waals surface area contributed by atoms with Crippen molar-refractivity contribution in [3.8, 4) is 0 Å². The summed E-state index contributed by atoms with van der Waals surface area (Å²) in [6, 6.07) is 2.31. The number of nitrogens with one attached hydrogen (secondary N) is 1. The van der Waals surface area contributed by atoms with Gasteiger partial charge in [-0.05, 0) is 28.1 Å². The van der Waals surface area contributed by atoms with Crippen molar-refractivity contribution < 1.29 is 34.2 Å². The molecule has 39 heavy (non-hydrogen) atoms. The van der Waals surface area contributed by atoms with Gasteiger partial charge >= 0.3 is 11.9 Å². The molecular weight excluding hydrogens is 576 g/mol. The lowest BCUT2D eigenvalue weighted by Gasteiger charge is -2.49. The van der Waals surface area contributed by atoms with Gasteiger partial charge in [0.15, 0.2) is 16.5 Å². The highest BCUT2D eigenvalue weighted by Crippen LogP contribution is 2.41. The molecule has 1 saturated heterocycles. The third-order valence-corrected chi connectivity index (χ3v) is 8.32. The third-order valence-electron chi connectivity index (χ3n) is 5.30. The topological polar surface area (TPSA) is 240 Å². The number of aromatic nitrogens is 6. The number of carbonyl (C=O) groups is 4. The number of rotatable bonds is 10. The number of hydrogen-bond donors (Lipinski definition) is 4. The number of hydrogen-bond acceptors (Lipinski definition) is 15. The molecule has 20 heteroatoms. The molecule has 2 amide bonds. The average molecular weight is 593 g/mol. The molecule has 5 heterocycles. The highest BCUT2D eigenvalue weighted by molar-refractivity contribution is 8.01. The molecule has 5 rings (SSSR count). The van der Waals surface area contributed by atoms with E-state index in [4.69, 9.17) is 15.7 Å². The van der Waals surface area contributed by atoms with Crippen LogP contribution < -0.4 is 11.1 Å². The van der Waals surface area contributed by atoms with Gasteiger partial charge in [-0.3, -0.25) is 14.5 Å². The molecule has 1 fully saturated rings. The van der Waals surface area contributed by atoms with Crippen molar-refractivity contribution in [1.82, 2.24) is 40.5 Å². The third kappa shape index (κ3) is 5.33. The molecule has 202 valence electrons. The fraction of sp³-hybridized carbons (Fsp3) is 0.263. The molecule has 17 nitrogen and oxygen atoms in total. The molecule has 0 aliphatic carbocycles. The van der Waals surface area contributed by atoms with Crippen molar-refractivity contribution in [2.75, 3.05) is 23.8 Å². The van der Waals surface area contributed by atoms with Gasteiger partial charge in [0.05, 0.1) is 0 Å². The molecule has 1 unspecified atom stereocenters. The Morgan fingerprint density at radius 1 is 1.31 bits per heavy atom. The van der Waals surface area contributed by atoms with Gasteiger partial charge in [0, 0.05) is 16.9 Å². The molecule has 0 spiro atoms. The monoisotopic (exact) mass is 592 g/mol. The summed E-state index contributed by atoms with van der Waals surface area (Å²) in [4.78, 5) is 58.7. The van der Waals surface area contributed by atoms with Gasteiger partial charge in [0.1, 0.15) is 27.8 Å². The number of carboxylic acid groups (broad SMARTS) is 2. The van der Waals surface area contributed by atoms with E-state index in [9.17, 15) is 24.3 Å². The summed E-state index contributed by atoms with van der Waals surface area (Å²) < 4.78 is 1.25. The normalized spacial score (nSPS) is 19.0. The smallest absolute Gasteiger partial charge is 0.352 e.